The first-order chi connectivity index (χ1) is 11.5. The Labute approximate surface area is 144 Å². The first kappa shape index (κ1) is 16.1. The fraction of sp³-hybridized carbons (Fsp3) is 0.650. The molecule has 1 saturated carbocycles. The average Bonchev–Trinajstić information content (AvgIpc) is 3.01. The summed E-state index contributed by atoms with van der Waals surface area (Å²) in [7, 11) is 0. The number of β-lactam (4-membered cyclic amide) rings is 1. The van der Waals surface area contributed by atoms with Gasteiger partial charge >= 0.3 is 0 Å². The number of rotatable bonds is 3. The second kappa shape index (κ2) is 6.16. The van der Waals surface area contributed by atoms with Crippen molar-refractivity contribution in [2.24, 2.45) is 5.92 Å². The molecule has 2 saturated heterocycles. The van der Waals surface area contributed by atoms with Gasteiger partial charge in [-0.2, -0.15) is 0 Å². The summed E-state index contributed by atoms with van der Waals surface area (Å²) in [5.41, 5.74) is 3.85. The molecule has 2 aliphatic heterocycles. The molecular formula is C20H28N2O2. The van der Waals surface area contributed by atoms with Crippen LogP contribution in [0.1, 0.15) is 49.0 Å². The fourth-order valence-corrected chi connectivity index (χ4v) is 4.56. The van der Waals surface area contributed by atoms with Gasteiger partial charge in [-0.3, -0.25) is 9.69 Å². The van der Waals surface area contributed by atoms with E-state index in [9.17, 15) is 4.79 Å². The molecule has 0 N–H and O–H groups in total. The summed E-state index contributed by atoms with van der Waals surface area (Å²) in [6.07, 6.45) is 3.61. The van der Waals surface area contributed by atoms with Gasteiger partial charge in [0.1, 0.15) is 0 Å². The lowest BCUT2D eigenvalue weighted by Gasteiger charge is -2.49. The molecule has 0 bridgehead atoms. The standard InChI is InChI=1S/C20H28N2O2/c1-13-7-8-14(2)17(9-13)19-10-21(15(3)11-24-19)12-22-18-6-4-5-16(18)20(22)23/h7-9,15-16,18-19H,4-6,10-12H2,1-3H3/t15-,16+,18+,19-/m0/s1. The number of amides is 1. The summed E-state index contributed by atoms with van der Waals surface area (Å²) in [6.45, 7) is 8.86. The van der Waals surface area contributed by atoms with Crippen molar-refractivity contribution in [3.05, 3.63) is 34.9 Å². The maximum absolute atomic E-state index is 12.3. The topological polar surface area (TPSA) is 32.8 Å². The van der Waals surface area contributed by atoms with Crippen LogP contribution in [0.2, 0.25) is 0 Å². The molecule has 24 heavy (non-hydrogen) atoms. The maximum atomic E-state index is 12.3. The Bertz CT molecular complexity index is 645. The van der Waals surface area contributed by atoms with E-state index in [-0.39, 0.29) is 6.10 Å². The molecule has 2 heterocycles. The van der Waals surface area contributed by atoms with E-state index in [2.05, 4.69) is 48.8 Å². The van der Waals surface area contributed by atoms with Crippen molar-refractivity contribution < 1.29 is 9.53 Å². The van der Waals surface area contributed by atoms with Crippen LogP contribution in [0.3, 0.4) is 0 Å². The monoisotopic (exact) mass is 328 g/mol. The average molecular weight is 328 g/mol. The van der Waals surface area contributed by atoms with Gasteiger partial charge in [0, 0.05) is 18.6 Å². The van der Waals surface area contributed by atoms with Gasteiger partial charge in [0.25, 0.3) is 0 Å². The van der Waals surface area contributed by atoms with Crippen molar-refractivity contribution in [2.45, 2.75) is 58.2 Å². The number of fused-ring (bicyclic) bond motifs is 1. The molecule has 0 spiro atoms. The Balaban J connectivity index is 1.47. The third-order valence-electron chi connectivity index (χ3n) is 6.16. The van der Waals surface area contributed by atoms with Crippen molar-refractivity contribution in [2.75, 3.05) is 19.8 Å². The largest absolute Gasteiger partial charge is 0.371 e. The van der Waals surface area contributed by atoms with E-state index in [1.165, 1.54) is 29.5 Å². The van der Waals surface area contributed by atoms with Gasteiger partial charge < -0.3 is 9.64 Å². The summed E-state index contributed by atoms with van der Waals surface area (Å²) in [6, 6.07) is 7.45. The Hall–Kier alpha value is -1.39. The van der Waals surface area contributed by atoms with E-state index in [0.717, 1.165) is 26.2 Å². The number of hydrogen-bond donors (Lipinski definition) is 0. The van der Waals surface area contributed by atoms with Gasteiger partial charge in [-0.1, -0.05) is 30.2 Å². The molecule has 0 radical (unpaired) electrons. The summed E-state index contributed by atoms with van der Waals surface area (Å²) in [5.74, 6) is 0.704. The predicted molar refractivity (Wildman–Crippen MR) is 93.6 cm³/mol. The minimum absolute atomic E-state index is 0.108. The van der Waals surface area contributed by atoms with Gasteiger partial charge in [-0.15, -0.1) is 0 Å². The minimum Gasteiger partial charge on any atom is -0.371 e. The van der Waals surface area contributed by atoms with Crippen LogP contribution < -0.4 is 0 Å². The fourth-order valence-electron chi connectivity index (χ4n) is 4.56. The number of carbonyl (C=O) groups is 1. The molecule has 4 rings (SSSR count). The van der Waals surface area contributed by atoms with Crippen molar-refractivity contribution in [3.8, 4) is 0 Å². The molecule has 3 fully saturated rings. The van der Waals surface area contributed by atoms with Gasteiger partial charge in [0.15, 0.2) is 0 Å². The molecule has 1 aliphatic carbocycles. The Morgan fingerprint density at radius 2 is 2.08 bits per heavy atom. The van der Waals surface area contributed by atoms with E-state index in [1.54, 1.807) is 0 Å². The Morgan fingerprint density at radius 3 is 2.92 bits per heavy atom. The summed E-state index contributed by atoms with van der Waals surface area (Å²) in [4.78, 5) is 16.9. The quantitative estimate of drug-likeness (QED) is 0.800. The zero-order valence-corrected chi connectivity index (χ0v) is 15.0. The molecule has 4 nitrogen and oxygen atoms in total. The third kappa shape index (κ3) is 2.66. The number of aryl methyl sites for hydroxylation is 2. The van der Waals surface area contributed by atoms with Crippen molar-refractivity contribution in [1.82, 2.24) is 9.80 Å². The van der Waals surface area contributed by atoms with Gasteiger partial charge in [0.2, 0.25) is 5.91 Å². The Morgan fingerprint density at radius 1 is 1.25 bits per heavy atom. The van der Waals surface area contributed by atoms with Crippen LogP contribution in [-0.4, -0.2) is 47.6 Å². The van der Waals surface area contributed by atoms with Crippen LogP contribution in [0.5, 0.6) is 0 Å². The molecule has 1 aromatic carbocycles. The lowest BCUT2D eigenvalue weighted by atomic mass is 9.91. The molecule has 4 heteroatoms. The molecule has 0 aromatic heterocycles. The number of carbonyl (C=O) groups excluding carboxylic acids is 1. The van der Waals surface area contributed by atoms with Gasteiger partial charge in [-0.25, -0.2) is 0 Å². The van der Waals surface area contributed by atoms with E-state index >= 15 is 0 Å². The predicted octanol–water partition coefficient (Wildman–Crippen LogP) is 3.03. The SMILES string of the molecule is Cc1ccc(C)c([C@@H]2CN(CN3C(=O)[C@@H]4CCC[C@H]43)[C@@H](C)CO2)c1. The number of morpholine rings is 1. The summed E-state index contributed by atoms with van der Waals surface area (Å²) in [5, 5.41) is 0. The van der Waals surface area contributed by atoms with Crippen molar-refractivity contribution in [3.63, 3.8) is 0 Å². The number of nitrogens with zero attached hydrogens (tertiary/aromatic N) is 2. The van der Waals surface area contributed by atoms with E-state index < -0.39 is 0 Å². The van der Waals surface area contributed by atoms with E-state index in [1.807, 2.05) is 0 Å². The van der Waals surface area contributed by atoms with E-state index in [0.29, 0.717) is 23.9 Å². The Kier molecular flexibility index (Phi) is 4.13. The first-order valence-corrected chi connectivity index (χ1v) is 9.28. The van der Waals surface area contributed by atoms with Crippen LogP contribution in [0.15, 0.2) is 18.2 Å². The van der Waals surface area contributed by atoms with Crippen molar-refractivity contribution >= 4 is 5.91 Å². The third-order valence-corrected chi connectivity index (χ3v) is 6.16. The smallest absolute Gasteiger partial charge is 0.229 e. The second-order valence-electron chi connectivity index (χ2n) is 7.86. The zero-order chi connectivity index (χ0) is 16.8. The summed E-state index contributed by atoms with van der Waals surface area (Å²) < 4.78 is 6.14. The van der Waals surface area contributed by atoms with Crippen molar-refractivity contribution in [1.29, 1.82) is 0 Å². The van der Waals surface area contributed by atoms with Gasteiger partial charge in [-0.05, 0) is 44.7 Å². The number of likely N-dealkylation sites (tertiary alicyclic amines) is 1. The minimum atomic E-state index is 0.108. The molecule has 4 atom stereocenters. The second-order valence-corrected chi connectivity index (χ2v) is 7.86. The highest BCUT2D eigenvalue weighted by Crippen LogP contribution is 2.40. The molecule has 1 amide bonds. The zero-order valence-electron chi connectivity index (χ0n) is 15.0. The molecule has 130 valence electrons. The number of hydrogen-bond acceptors (Lipinski definition) is 3. The normalized spacial score (nSPS) is 33.5. The van der Waals surface area contributed by atoms with Gasteiger partial charge in [0.05, 0.1) is 25.3 Å². The molecule has 1 aromatic rings. The van der Waals surface area contributed by atoms with Crippen LogP contribution in [-0.2, 0) is 9.53 Å². The van der Waals surface area contributed by atoms with Crippen LogP contribution in [0.25, 0.3) is 0 Å². The van der Waals surface area contributed by atoms with Crippen LogP contribution in [0.4, 0.5) is 0 Å². The van der Waals surface area contributed by atoms with E-state index in [4.69, 9.17) is 4.74 Å². The van der Waals surface area contributed by atoms with Crippen LogP contribution >= 0.6 is 0 Å². The molecule has 3 aliphatic rings. The highest BCUT2D eigenvalue weighted by Gasteiger charge is 2.50. The number of ether oxygens (including phenoxy) is 1. The lowest BCUT2D eigenvalue weighted by molar-refractivity contribution is -0.163. The summed E-state index contributed by atoms with van der Waals surface area (Å²) >= 11 is 0. The molecular weight excluding hydrogens is 300 g/mol. The molecule has 0 unspecified atom stereocenters. The lowest BCUT2D eigenvalue weighted by Crippen LogP contribution is -2.63. The first-order valence-electron chi connectivity index (χ1n) is 9.28. The highest BCUT2D eigenvalue weighted by molar-refractivity contribution is 5.86. The van der Waals surface area contributed by atoms with Crippen LogP contribution in [0, 0.1) is 19.8 Å². The highest BCUT2D eigenvalue weighted by atomic mass is 16.5. The maximum Gasteiger partial charge on any atom is 0.229 e. The number of benzene rings is 1.